The van der Waals surface area contributed by atoms with Gasteiger partial charge in [-0.3, -0.25) is 14.5 Å². The highest BCUT2D eigenvalue weighted by Gasteiger charge is 2.08. The van der Waals surface area contributed by atoms with E-state index in [1.807, 2.05) is 43.4 Å². The third-order valence-electron chi connectivity index (χ3n) is 4.90. The van der Waals surface area contributed by atoms with Gasteiger partial charge in [-0.15, -0.1) is 0 Å². The predicted octanol–water partition coefficient (Wildman–Crippen LogP) is 4.39. The predicted molar refractivity (Wildman–Crippen MR) is 114 cm³/mol. The molecule has 5 nitrogen and oxygen atoms in total. The maximum absolute atomic E-state index is 12.5. The Kier molecular flexibility index (Phi) is 5.20. The fourth-order valence-electron chi connectivity index (χ4n) is 3.23. The number of pyridine rings is 1. The van der Waals surface area contributed by atoms with Gasteiger partial charge in [-0.05, 0) is 47.9 Å². The fourth-order valence-corrected chi connectivity index (χ4v) is 3.23. The molecule has 0 atom stereocenters. The molecule has 0 unspecified atom stereocenters. The summed E-state index contributed by atoms with van der Waals surface area (Å²) in [6.45, 7) is 2.48. The molecule has 0 aliphatic heterocycles. The van der Waals surface area contributed by atoms with Gasteiger partial charge < -0.3 is 5.32 Å². The van der Waals surface area contributed by atoms with Crippen LogP contribution in [-0.2, 0) is 13.6 Å². The van der Waals surface area contributed by atoms with Crippen LogP contribution in [0.1, 0.15) is 21.5 Å². The number of benzene rings is 2. The minimum Gasteiger partial charge on any atom is -0.348 e. The van der Waals surface area contributed by atoms with Gasteiger partial charge in [0.2, 0.25) is 0 Å². The minimum atomic E-state index is -0.105. The lowest BCUT2D eigenvalue weighted by molar-refractivity contribution is 0.0951. The lowest BCUT2D eigenvalue weighted by Gasteiger charge is -2.08. The number of aryl methyl sites for hydroxylation is 2. The molecule has 1 amide bonds. The van der Waals surface area contributed by atoms with E-state index < -0.39 is 0 Å². The summed E-state index contributed by atoms with van der Waals surface area (Å²) in [6, 6.07) is 20.0. The summed E-state index contributed by atoms with van der Waals surface area (Å²) in [7, 11) is 1.89. The number of amides is 1. The van der Waals surface area contributed by atoms with Crippen LogP contribution in [0.4, 0.5) is 0 Å². The largest absolute Gasteiger partial charge is 0.348 e. The normalized spacial score (nSPS) is 10.7. The fraction of sp³-hybridized carbons (Fsp3) is 0.125. The van der Waals surface area contributed by atoms with E-state index in [2.05, 4.69) is 46.6 Å². The molecular weight excluding hydrogens is 360 g/mol. The van der Waals surface area contributed by atoms with Crippen molar-refractivity contribution in [2.75, 3.05) is 0 Å². The third kappa shape index (κ3) is 4.24. The number of nitrogens with zero attached hydrogens (tertiary/aromatic N) is 3. The van der Waals surface area contributed by atoms with E-state index in [9.17, 15) is 4.79 Å². The Morgan fingerprint density at radius 2 is 1.62 bits per heavy atom. The molecular formula is C24H22N4O. The summed E-state index contributed by atoms with van der Waals surface area (Å²) in [5.74, 6) is -0.105. The van der Waals surface area contributed by atoms with Crippen LogP contribution in [0.3, 0.4) is 0 Å². The molecule has 0 fully saturated rings. The first-order valence-electron chi connectivity index (χ1n) is 9.48. The highest BCUT2D eigenvalue weighted by molar-refractivity contribution is 5.94. The highest BCUT2D eigenvalue weighted by Crippen LogP contribution is 2.21. The van der Waals surface area contributed by atoms with Crippen LogP contribution < -0.4 is 5.32 Å². The maximum Gasteiger partial charge on any atom is 0.251 e. The Morgan fingerprint density at radius 3 is 2.28 bits per heavy atom. The van der Waals surface area contributed by atoms with Crippen molar-refractivity contribution in [3.05, 3.63) is 95.9 Å². The second-order valence-electron chi connectivity index (χ2n) is 7.05. The van der Waals surface area contributed by atoms with E-state index in [0.29, 0.717) is 12.1 Å². The summed E-state index contributed by atoms with van der Waals surface area (Å²) >= 11 is 0. The zero-order valence-corrected chi connectivity index (χ0v) is 16.5. The number of aromatic nitrogens is 3. The number of nitrogens with one attached hydrogen (secondary N) is 1. The Bertz CT molecular complexity index is 1130. The van der Waals surface area contributed by atoms with Crippen molar-refractivity contribution < 1.29 is 4.79 Å². The van der Waals surface area contributed by atoms with E-state index in [0.717, 1.165) is 27.9 Å². The van der Waals surface area contributed by atoms with Crippen molar-refractivity contribution in [2.45, 2.75) is 13.5 Å². The Hall–Kier alpha value is -3.73. The van der Waals surface area contributed by atoms with Crippen molar-refractivity contribution in [1.29, 1.82) is 0 Å². The van der Waals surface area contributed by atoms with Gasteiger partial charge in [0.25, 0.3) is 5.91 Å². The molecule has 0 bridgehead atoms. The van der Waals surface area contributed by atoms with Gasteiger partial charge in [0.05, 0.1) is 5.69 Å². The van der Waals surface area contributed by atoms with Crippen LogP contribution in [0.25, 0.3) is 22.4 Å². The smallest absolute Gasteiger partial charge is 0.251 e. The monoisotopic (exact) mass is 382 g/mol. The van der Waals surface area contributed by atoms with E-state index in [1.54, 1.807) is 23.3 Å². The standard InChI is InChI=1S/C24H22N4O/c1-17-3-5-19(6-4-17)20-7-9-21(10-8-20)24(29)26-15-18-13-22(16-25-14-18)23-11-12-27-28(23)2/h3-14,16H,15H2,1-2H3,(H,26,29). The number of hydrogen-bond acceptors (Lipinski definition) is 3. The Balaban J connectivity index is 1.42. The second-order valence-corrected chi connectivity index (χ2v) is 7.05. The number of carbonyl (C=O) groups excluding carboxylic acids is 1. The molecule has 0 aliphatic rings. The summed E-state index contributed by atoms with van der Waals surface area (Å²) in [6.07, 6.45) is 5.32. The first kappa shape index (κ1) is 18.6. The lowest BCUT2D eigenvalue weighted by Crippen LogP contribution is -2.22. The zero-order chi connectivity index (χ0) is 20.2. The van der Waals surface area contributed by atoms with Crippen LogP contribution in [-0.4, -0.2) is 20.7 Å². The van der Waals surface area contributed by atoms with Crippen LogP contribution in [0.2, 0.25) is 0 Å². The van der Waals surface area contributed by atoms with E-state index in [1.165, 1.54) is 5.56 Å². The average molecular weight is 382 g/mol. The van der Waals surface area contributed by atoms with E-state index in [4.69, 9.17) is 0 Å². The molecule has 0 aliphatic carbocycles. The molecule has 0 saturated carbocycles. The molecule has 0 radical (unpaired) electrons. The van der Waals surface area contributed by atoms with Crippen molar-refractivity contribution in [3.63, 3.8) is 0 Å². The average Bonchev–Trinajstić information content (AvgIpc) is 3.19. The topological polar surface area (TPSA) is 59.8 Å². The number of hydrogen-bond donors (Lipinski definition) is 1. The molecule has 29 heavy (non-hydrogen) atoms. The quantitative estimate of drug-likeness (QED) is 0.557. The molecule has 2 aromatic carbocycles. The van der Waals surface area contributed by atoms with Crippen LogP contribution in [0.5, 0.6) is 0 Å². The summed E-state index contributed by atoms with van der Waals surface area (Å²) in [5, 5.41) is 7.16. The highest BCUT2D eigenvalue weighted by atomic mass is 16.1. The van der Waals surface area contributed by atoms with E-state index >= 15 is 0 Å². The van der Waals surface area contributed by atoms with Gasteiger partial charge in [-0.2, -0.15) is 5.10 Å². The molecule has 1 N–H and O–H groups in total. The summed E-state index contributed by atoms with van der Waals surface area (Å²) in [4.78, 5) is 16.8. The molecule has 0 saturated heterocycles. The molecule has 144 valence electrons. The maximum atomic E-state index is 12.5. The van der Waals surface area contributed by atoms with Gasteiger partial charge in [-0.25, -0.2) is 0 Å². The van der Waals surface area contributed by atoms with Crippen molar-refractivity contribution >= 4 is 5.91 Å². The van der Waals surface area contributed by atoms with E-state index in [-0.39, 0.29) is 5.91 Å². The number of carbonyl (C=O) groups is 1. The van der Waals surface area contributed by atoms with Gasteiger partial charge in [0.1, 0.15) is 0 Å². The van der Waals surface area contributed by atoms with Gasteiger partial charge >= 0.3 is 0 Å². The minimum absolute atomic E-state index is 0.105. The zero-order valence-electron chi connectivity index (χ0n) is 16.5. The molecule has 4 rings (SSSR count). The molecule has 2 heterocycles. The van der Waals surface area contributed by atoms with Gasteiger partial charge in [0.15, 0.2) is 0 Å². The Labute approximate surface area is 170 Å². The number of rotatable bonds is 5. The third-order valence-corrected chi connectivity index (χ3v) is 4.90. The lowest BCUT2D eigenvalue weighted by atomic mass is 10.0. The SMILES string of the molecule is Cc1ccc(-c2ccc(C(=O)NCc3cncc(-c4ccnn4C)c3)cc2)cc1. The van der Waals surface area contributed by atoms with Gasteiger partial charge in [0, 0.05) is 43.3 Å². The molecule has 0 spiro atoms. The molecule has 5 heteroatoms. The summed E-state index contributed by atoms with van der Waals surface area (Å²) in [5.41, 5.74) is 6.99. The van der Waals surface area contributed by atoms with Crippen molar-refractivity contribution in [3.8, 4) is 22.4 Å². The van der Waals surface area contributed by atoms with Crippen molar-refractivity contribution in [1.82, 2.24) is 20.1 Å². The first-order chi connectivity index (χ1) is 14.1. The van der Waals surface area contributed by atoms with Gasteiger partial charge in [-0.1, -0.05) is 42.0 Å². The van der Waals surface area contributed by atoms with Crippen LogP contribution in [0.15, 0.2) is 79.3 Å². The first-order valence-corrected chi connectivity index (χ1v) is 9.48. The second kappa shape index (κ2) is 8.10. The van der Waals surface area contributed by atoms with Crippen LogP contribution in [0, 0.1) is 6.92 Å². The molecule has 4 aromatic rings. The molecule has 2 aromatic heterocycles. The van der Waals surface area contributed by atoms with Crippen LogP contribution >= 0.6 is 0 Å². The van der Waals surface area contributed by atoms with Crippen molar-refractivity contribution in [2.24, 2.45) is 7.05 Å². The Morgan fingerprint density at radius 1 is 0.931 bits per heavy atom. The summed E-state index contributed by atoms with van der Waals surface area (Å²) < 4.78 is 1.80.